The second kappa shape index (κ2) is 16.0. The molecule has 0 radical (unpaired) electrons. The third-order valence-corrected chi connectivity index (χ3v) is 9.87. The molecule has 0 N–H and O–H groups in total. The molecule has 5 aromatic rings. The minimum Gasteiger partial charge on any atom is -0.493 e. The van der Waals surface area contributed by atoms with Crippen molar-refractivity contribution in [1.29, 1.82) is 0 Å². The van der Waals surface area contributed by atoms with Gasteiger partial charge in [-0.05, 0) is 91.8 Å². The van der Waals surface area contributed by atoms with Gasteiger partial charge in [0, 0.05) is 17.3 Å². The van der Waals surface area contributed by atoms with E-state index in [1.165, 1.54) is 23.0 Å². The van der Waals surface area contributed by atoms with Gasteiger partial charge in [-0.3, -0.25) is 9.36 Å². The summed E-state index contributed by atoms with van der Waals surface area (Å²) in [6.45, 7) is 12.9. The Kier molecular flexibility index (Phi) is 11.2. The Labute approximate surface area is 312 Å². The fourth-order valence-corrected chi connectivity index (χ4v) is 7.11. The Hall–Kier alpha value is -5.55. The molecule has 0 amide bonds. The number of carbonyl (C=O) groups is 2. The van der Waals surface area contributed by atoms with Crippen LogP contribution in [-0.4, -0.2) is 46.6 Å². The highest BCUT2D eigenvalue weighted by Gasteiger charge is 2.34. The van der Waals surface area contributed by atoms with Crippen LogP contribution in [0, 0.1) is 18.8 Å². The molecular weight excluding hydrogens is 689 g/mol. The maximum absolute atomic E-state index is 14.5. The van der Waals surface area contributed by atoms with E-state index in [4.69, 9.17) is 24.3 Å². The minimum absolute atomic E-state index is 0.113. The summed E-state index contributed by atoms with van der Waals surface area (Å²) in [7, 11) is 1.32. The van der Waals surface area contributed by atoms with Crippen molar-refractivity contribution in [3.63, 3.8) is 0 Å². The number of rotatable bonds is 12. The summed E-state index contributed by atoms with van der Waals surface area (Å²) >= 11 is 1.24. The molecule has 1 unspecified atom stereocenters. The van der Waals surface area contributed by atoms with Crippen LogP contribution in [-0.2, 0) is 14.3 Å². The highest BCUT2D eigenvalue weighted by Crippen LogP contribution is 2.32. The SMILES string of the molecule is COC(=O)c1ccc(C2C(C(=O)OCC(C)C)=C(C)N=c3sc(=Cc4cn(-c5ccccc5)nc4-c4ccc(OCCC(C)C)c(C)c4)c(=O)n32)cc1. The predicted octanol–water partition coefficient (Wildman–Crippen LogP) is 6.81. The van der Waals surface area contributed by atoms with Gasteiger partial charge >= 0.3 is 11.9 Å². The lowest BCUT2D eigenvalue weighted by atomic mass is 9.95. The highest BCUT2D eigenvalue weighted by molar-refractivity contribution is 7.07. The molecule has 1 atom stereocenters. The number of hydrogen-bond acceptors (Lipinski definition) is 9. The largest absolute Gasteiger partial charge is 0.493 e. The molecule has 0 spiro atoms. The number of allylic oxidation sites excluding steroid dienone is 1. The first-order valence-corrected chi connectivity index (χ1v) is 18.5. The van der Waals surface area contributed by atoms with Crippen molar-refractivity contribution < 1.29 is 23.8 Å². The first-order chi connectivity index (χ1) is 25.4. The van der Waals surface area contributed by atoms with Crippen LogP contribution in [0.15, 0.2) is 100 Å². The monoisotopic (exact) mass is 732 g/mol. The third-order valence-electron chi connectivity index (χ3n) is 8.89. The number of carbonyl (C=O) groups excluding carboxylic acids is 2. The lowest BCUT2D eigenvalue weighted by Gasteiger charge is -2.25. The lowest BCUT2D eigenvalue weighted by Crippen LogP contribution is -2.40. The maximum Gasteiger partial charge on any atom is 0.338 e. The van der Waals surface area contributed by atoms with Gasteiger partial charge in [-0.2, -0.15) is 5.10 Å². The van der Waals surface area contributed by atoms with E-state index in [9.17, 15) is 14.4 Å². The smallest absolute Gasteiger partial charge is 0.338 e. The molecule has 3 aromatic carbocycles. The Morgan fingerprint density at radius 1 is 0.943 bits per heavy atom. The van der Waals surface area contributed by atoms with E-state index < -0.39 is 18.0 Å². The van der Waals surface area contributed by atoms with E-state index >= 15 is 0 Å². The average Bonchev–Trinajstić information content (AvgIpc) is 3.70. The Morgan fingerprint density at radius 2 is 1.68 bits per heavy atom. The summed E-state index contributed by atoms with van der Waals surface area (Å²) in [5.74, 6) is 0.447. The van der Waals surface area contributed by atoms with Gasteiger partial charge in [-0.25, -0.2) is 19.3 Å². The highest BCUT2D eigenvalue weighted by atomic mass is 32.1. The van der Waals surface area contributed by atoms with E-state index in [2.05, 4.69) is 19.9 Å². The zero-order chi connectivity index (χ0) is 37.8. The summed E-state index contributed by atoms with van der Waals surface area (Å²) < 4.78 is 20.4. The molecule has 3 heterocycles. The van der Waals surface area contributed by atoms with Crippen LogP contribution in [0.1, 0.15) is 74.1 Å². The molecule has 10 nitrogen and oxygen atoms in total. The average molecular weight is 733 g/mol. The van der Waals surface area contributed by atoms with Crippen LogP contribution < -0.4 is 19.6 Å². The van der Waals surface area contributed by atoms with Gasteiger partial charge in [-0.1, -0.05) is 69.4 Å². The van der Waals surface area contributed by atoms with Crippen LogP contribution in [0.2, 0.25) is 0 Å². The topological polar surface area (TPSA) is 114 Å². The first kappa shape index (κ1) is 37.2. The quantitative estimate of drug-likeness (QED) is 0.130. The van der Waals surface area contributed by atoms with Gasteiger partial charge in [0.2, 0.25) is 0 Å². The van der Waals surface area contributed by atoms with Crippen molar-refractivity contribution >= 4 is 29.4 Å². The molecule has 53 heavy (non-hydrogen) atoms. The van der Waals surface area contributed by atoms with E-state index in [0.717, 1.165) is 34.5 Å². The zero-order valence-corrected chi connectivity index (χ0v) is 31.9. The van der Waals surface area contributed by atoms with E-state index in [0.29, 0.717) is 44.4 Å². The predicted molar refractivity (Wildman–Crippen MR) is 206 cm³/mol. The number of hydrogen-bond donors (Lipinski definition) is 0. The molecule has 0 bridgehead atoms. The fraction of sp³-hybridized carbons (Fsp3) is 0.310. The summed E-state index contributed by atoms with van der Waals surface area (Å²) in [4.78, 5) is 45.6. The van der Waals surface area contributed by atoms with Crippen molar-refractivity contribution in [2.75, 3.05) is 20.3 Å². The third kappa shape index (κ3) is 8.10. The van der Waals surface area contributed by atoms with Gasteiger partial charge < -0.3 is 14.2 Å². The Morgan fingerprint density at radius 3 is 2.34 bits per heavy atom. The number of methoxy groups -OCH3 is 1. The molecule has 0 aliphatic carbocycles. The van der Waals surface area contributed by atoms with Gasteiger partial charge in [0.1, 0.15) is 11.4 Å². The molecule has 0 saturated carbocycles. The van der Waals surface area contributed by atoms with E-state index in [1.807, 2.05) is 75.5 Å². The van der Waals surface area contributed by atoms with E-state index in [1.54, 1.807) is 35.9 Å². The number of aromatic nitrogens is 3. The Balaban J connectivity index is 1.48. The molecule has 274 valence electrons. The molecule has 11 heteroatoms. The number of esters is 2. The standard InChI is InChI=1S/C42H44N4O6S/c1-25(2)19-20-51-34-18-17-31(21-27(34)5)37-32(23-45(44-37)33-11-9-8-10-12-33)22-35-39(47)46-38(29-13-15-30(16-14-29)40(48)50-7)36(28(6)43-42(46)53-35)41(49)52-24-26(3)4/h8-18,21-23,25-26,38H,19-20,24H2,1-7H3. The number of nitrogens with zero attached hydrogens (tertiary/aromatic N) is 4. The van der Waals surface area contributed by atoms with Gasteiger partial charge in [0.05, 0.1) is 53.4 Å². The maximum atomic E-state index is 14.5. The number of fused-ring (bicyclic) bond motifs is 1. The van der Waals surface area contributed by atoms with Crippen LogP contribution in [0.3, 0.4) is 0 Å². The van der Waals surface area contributed by atoms with Crippen molar-refractivity contribution in [1.82, 2.24) is 14.3 Å². The number of aryl methyl sites for hydroxylation is 1. The van der Waals surface area contributed by atoms with Crippen molar-refractivity contribution in [3.8, 4) is 22.7 Å². The minimum atomic E-state index is -0.836. The number of thiazole rings is 1. The van der Waals surface area contributed by atoms with Crippen LogP contribution >= 0.6 is 11.3 Å². The van der Waals surface area contributed by atoms with Crippen molar-refractivity contribution in [3.05, 3.63) is 132 Å². The number of para-hydroxylation sites is 1. The number of ether oxygens (including phenoxy) is 3. The van der Waals surface area contributed by atoms with Gasteiger partial charge in [0.15, 0.2) is 4.80 Å². The van der Waals surface area contributed by atoms with E-state index in [-0.39, 0.29) is 23.7 Å². The van der Waals surface area contributed by atoms with Crippen LogP contribution in [0.5, 0.6) is 5.75 Å². The molecule has 0 fully saturated rings. The molecule has 6 rings (SSSR count). The summed E-state index contributed by atoms with van der Waals surface area (Å²) in [6, 6.07) is 21.7. The Bertz CT molecular complexity index is 2350. The van der Waals surface area contributed by atoms with Crippen molar-refractivity contribution in [2.45, 2.75) is 54.0 Å². The second-order valence-corrected chi connectivity index (χ2v) is 14.9. The number of benzene rings is 3. The lowest BCUT2D eigenvalue weighted by molar-refractivity contribution is -0.140. The fourth-order valence-electron chi connectivity index (χ4n) is 6.07. The second-order valence-electron chi connectivity index (χ2n) is 13.9. The molecular formula is C42H44N4O6S. The van der Waals surface area contributed by atoms with Gasteiger partial charge in [-0.15, -0.1) is 0 Å². The summed E-state index contributed by atoms with van der Waals surface area (Å²) in [5, 5.41) is 5.00. The first-order valence-electron chi connectivity index (χ1n) is 17.7. The van der Waals surface area contributed by atoms with Crippen LogP contribution in [0.4, 0.5) is 0 Å². The normalized spacial score (nSPS) is 14.4. The summed E-state index contributed by atoms with van der Waals surface area (Å²) in [6.07, 6.45) is 4.71. The van der Waals surface area contributed by atoms with Gasteiger partial charge in [0.25, 0.3) is 5.56 Å². The van der Waals surface area contributed by atoms with Crippen LogP contribution in [0.25, 0.3) is 23.0 Å². The molecule has 0 saturated heterocycles. The summed E-state index contributed by atoms with van der Waals surface area (Å²) in [5.41, 5.74) is 5.53. The zero-order valence-electron chi connectivity index (χ0n) is 31.1. The van der Waals surface area contributed by atoms with Crippen molar-refractivity contribution in [2.24, 2.45) is 16.8 Å². The molecule has 1 aliphatic rings. The molecule has 2 aromatic heterocycles. The molecule has 1 aliphatic heterocycles.